The van der Waals surface area contributed by atoms with Crippen LogP contribution in [0.15, 0.2) is 27.2 Å². The van der Waals surface area contributed by atoms with E-state index in [9.17, 15) is 4.79 Å². The first-order chi connectivity index (χ1) is 8.20. The lowest BCUT2D eigenvalue weighted by atomic mass is 10.5. The van der Waals surface area contributed by atoms with E-state index >= 15 is 0 Å². The van der Waals surface area contributed by atoms with Gasteiger partial charge in [-0.25, -0.2) is 19.9 Å². The van der Waals surface area contributed by atoms with Crippen LogP contribution in [0.3, 0.4) is 0 Å². The predicted octanol–water partition coefficient (Wildman–Crippen LogP) is 0.505. The van der Waals surface area contributed by atoms with Crippen LogP contribution in [0.4, 0.5) is 5.95 Å². The number of nitrogens with zero attached hydrogens (tertiary/aromatic N) is 4. The van der Waals surface area contributed by atoms with Crippen molar-refractivity contribution in [3.63, 3.8) is 0 Å². The highest BCUT2D eigenvalue weighted by atomic mass is 32.2. The Balaban J connectivity index is 2.27. The third-order valence-electron chi connectivity index (χ3n) is 2.01. The Labute approximate surface area is 101 Å². The third-order valence-corrected chi connectivity index (χ3v) is 2.95. The second-order valence-electron chi connectivity index (χ2n) is 3.32. The van der Waals surface area contributed by atoms with Gasteiger partial charge in [-0.05, 0) is 24.2 Å². The molecule has 2 aromatic heterocycles. The van der Waals surface area contributed by atoms with Gasteiger partial charge in [0.25, 0.3) is 0 Å². The lowest BCUT2D eigenvalue weighted by molar-refractivity contribution is 0.603. The normalized spacial score (nSPS) is 10.6. The number of H-pyrrole nitrogens is 1. The van der Waals surface area contributed by atoms with Crippen molar-refractivity contribution in [3.8, 4) is 0 Å². The van der Waals surface area contributed by atoms with Crippen LogP contribution in [-0.4, -0.2) is 24.7 Å². The van der Waals surface area contributed by atoms with Gasteiger partial charge in [0.2, 0.25) is 5.95 Å². The smallest absolute Gasteiger partial charge is 0.343 e. The molecule has 0 atom stereocenters. The molecule has 2 aromatic rings. The summed E-state index contributed by atoms with van der Waals surface area (Å²) in [6, 6.07) is 1.72. The number of nitrogens with one attached hydrogen (secondary N) is 1. The highest BCUT2D eigenvalue weighted by Gasteiger charge is 2.10. The van der Waals surface area contributed by atoms with Gasteiger partial charge in [0.15, 0.2) is 5.16 Å². The van der Waals surface area contributed by atoms with E-state index in [1.807, 2.05) is 6.92 Å². The van der Waals surface area contributed by atoms with Gasteiger partial charge >= 0.3 is 5.69 Å². The first kappa shape index (κ1) is 11.6. The summed E-state index contributed by atoms with van der Waals surface area (Å²) in [6.45, 7) is 2.62. The molecule has 0 radical (unpaired) electrons. The first-order valence-electron chi connectivity index (χ1n) is 5.12. The number of hydrogen-bond acceptors (Lipinski definition) is 6. The predicted molar refractivity (Wildman–Crippen MR) is 63.7 cm³/mol. The zero-order valence-electron chi connectivity index (χ0n) is 9.25. The van der Waals surface area contributed by atoms with Crippen molar-refractivity contribution in [1.82, 2.24) is 24.7 Å². The van der Waals surface area contributed by atoms with Crippen molar-refractivity contribution in [1.29, 1.82) is 0 Å². The molecule has 0 fully saturated rings. The van der Waals surface area contributed by atoms with Crippen LogP contribution in [0.25, 0.3) is 0 Å². The fourth-order valence-electron chi connectivity index (χ4n) is 1.31. The van der Waals surface area contributed by atoms with Crippen LogP contribution in [0.2, 0.25) is 0 Å². The van der Waals surface area contributed by atoms with Gasteiger partial charge < -0.3 is 5.73 Å². The van der Waals surface area contributed by atoms with E-state index in [1.165, 1.54) is 11.8 Å². The Bertz CT molecular complexity index is 563. The molecular formula is C9H12N6OS. The lowest BCUT2D eigenvalue weighted by Crippen LogP contribution is -2.17. The summed E-state index contributed by atoms with van der Waals surface area (Å²) < 4.78 is 1.57. The van der Waals surface area contributed by atoms with Crippen molar-refractivity contribution < 1.29 is 0 Å². The maximum atomic E-state index is 11.5. The molecule has 7 nitrogen and oxygen atoms in total. The van der Waals surface area contributed by atoms with Crippen LogP contribution >= 0.6 is 11.8 Å². The van der Waals surface area contributed by atoms with Crippen molar-refractivity contribution in [2.45, 2.75) is 30.1 Å². The van der Waals surface area contributed by atoms with Crippen LogP contribution in [0.5, 0.6) is 0 Å². The zero-order chi connectivity index (χ0) is 12.3. The number of aromatic amines is 1. The minimum Gasteiger partial charge on any atom is -0.368 e. The van der Waals surface area contributed by atoms with Gasteiger partial charge in [-0.1, -0.05) is 6.92 Å². The quantitative estimate of drug-likeness (QED) is 0.768. The molecule has 2 rings (SSSR count). The van der Waals surface area contributed by atoms with Gasteiger partial charge in [-0.15, -0.1) is 5.10 Å². The van der Waals surface area contributed by atoms with Gasteiger partial charge in [-0.3, -0.25) is 4.57 Å². The third kappa shape index (κ3) is 2.64. The molecule has 0 aliphatic rings. The van der Waals surface area contributed by atoms with Crippen molar-refractivity contribution >= 4 is 17.7 Å². The fraction of sp³-hybridized carbons (Fsp3) is 0.333. The second-order valence-corrected chi connectivity index (χ2v) is 4.31. The van der Waals surface area contributed by atoms with E-state index in [0.29, 0.717) is 16.7 Å². The molecule has 8 heteroatoms. The van der Waals surface area contributed by atoms with Crippen molar-refractivity contribution in [2.24, 2.45) is 0 Å². The summed E-state index contributed by atoms with van der Waals surface area (Å²) in [6.07, 6.45) is 2.43. The minimum absolute atomic E-state index is 0.204. The Kier molecular flexibility index (Phi) is 3.43. The van der Waals surface area contributed by atoms with E-state index < -0.39 is 0 Å². The standard InChI is InChI=1S/C9H12N6OS/c1-2-5-15-8(16)13-14-9(15)17-6-3-4-11-7(10)12-6/h3-4H,2,5H2,1H3,(H,13,16)(H2,10,11,12). The first-order valence-corrected chi connectivity index (χ1v) is 5.94. The fourth-order valence-corrected chi connectivity index (χ4v) is 2.14. The Hall–Kier alpha value is -1.83. The second kappa shape index (κ2) is 5.00. The van der Waals surface area contributed by atoms with Crippen molar-refractivity contribution in [3.05, 3.63) is 22.7 Å². The molecule has 17 heavy (non-hydrogen) atoms. The summed E-state index contributed by atoms with van der Waals surface area (Å²) in [5.74, 6) is 0.204. The number of rotatable bonds is 4. The summed E-state index contributed by atoms with van der Waals surface area (Å²) >= 11 is 1.28. The van der Waals surface area contributed by atoms with Gasteiger partial charge in [0, 0.05) is 12.7 Å². The van der Waals surface area contributed by atoms with Crippen LogP contribution < -0.4 is 11.4 Å². The molecule has 0 saturated heterocycles. The molecular weight excluding hydrogens is 240 g/mol. The molecule has 0 saturated carbocycles. The number of nitrogen functional groups attached to an aromatic ring is 1. The molecule has 0 spiro atoms. The van der Waals surface area contributed by atoms with E-state index in [2.05, 4.69) is 20.2 Å². The zero-order valence-corrected chi connectivity index (χ0v) is 10.1. The topological polar surface area (TPSA) is 102 Å². The highest BCUT2D eigenvalue weighted by Crippen LogP contribution is 2.22. The minimum atomic E-state index is -0.212. The van der Waals surface area contributed by atoms with E-state index in [4.69, 9.17) is 5.73 Å². The Morgan fingerprint density at radius 1 is 1.59 bits per heavy atom. The monoisotopic (exact) mass is 252 g/mol. The molecule has 0 bridgehead atoms. The van der Waals surface area contributed by atoms with E-state index in [0.717, 1.165) is 6.42 Å². The number of nitrogens with two attached hydrogens (primary N) is 1. The molecule has 0 unspecified atom stereocenters. The molecule has 3 N–H and O–H groups in total. The summed E-state index contributed by atoms with van der Waals surface area (Å²) in [7, 11) is 0. The Morgan fingerprint density at radius 3 is 3.12 bits per heavy atom. The van der Waals surface area contributed by atoms with Gasteiger partial charge in [-0.2, -0.15) is 0 Å². The lowest BCUT2D eigenvalue weighted by Gasteiger charge is -2.02. The molecule has 0 aromatic carbocycles. The average Bonchev–Trinajstić information content (AvgIpc) is 2.62. The maximum absolute atomic E-state index is 11.5. The molecule has 90 valence electrons. The molecule has 0 aliphatic heterocycles. The highest BCUT2D eigenvalue weighted by molar-refractivity contribution is 7.99. The number of anilines is 1. The largest absolute Gasteiger partial charge is 0.368 e. The summed E-state index contributed by atoms with van der Waals surface area (Å²) in [5, 5.41) is 7.60. The maximum Gasteiger partial charge on any atom is 0.343 e. The van der Waals surface area contributed by atoms with Gasteiger partial charge in [0.05, 0.1) is 0 Å². The number of aromatic nitrogens is 5. The summed E-state index contributed by atoms with van der Waals surface area (Å²) in [5.41, 5.74) is 5.27. The molecule has 0 amide bonds. The van der Waals surface area contributed by atoms with E-state index in [1.54, 1.807) is 16.8 Å². The number of hydrogen-bond donors (Lipinski definition) is 2. The molecule has 2 heterocycles. The summed E-state index contributed by atoms with van der Waals surface area (Å²) in [4.78, 5) is 19.3. The average molecular weight is 252 g/mol. The SMILES string of the molecule is CCCn1c(Sc2ccnc(N)n2)n[nH]c1=O. The van der Waals surface area contributed by atoms with Gasteiger partial charge in [0.1, 0.15) is 5.03 Å². The Morgan fingerprint density at radius 2 is 2.41 bits per heavy atom. The van der Waals surface area contributed by atoms with Crippen LogP contribution in [-0.2, 0) is 6.54 Å². The van der Waals surface area contributed by atoms with Crippen LogP contribution in [0, 0.1) is 0 Å². The van der Waals surface area contributed by atoms with Crippen molar-refractivity contribution in [2.75, 3.05) is 5.73 Å². The molecule has 0 aliphatic carbocycles. The van der Waals surface area contributed by atoms with E-state index in [-0.39, 0.29) is 11.6 Å². The van der Waals surface area contributed by atoms with Crippen LogP contribution in [0.1, 0.15) is 13.3 Å².